The van der Waals surface area contributed by atoms with Crippen molar-refractivity contribution in [1.82, 2.24) is 10.9 Å². The maximum Gasteiger partial charge on any atom is 0.276 e. The van der Waals surface area contributed by atoms with Gasteiger partial charge in [-0.05, 0) is 61.4 Å². The normalized spacial score (nSPS) is 15.7. The van der Waals surface area contributed by atoms with Gasteiger partial charge in [0, 0.05) is 12.2 Å². The fourth-order valence-corrected chi connectivity index (χ4v) is 2.58. The molecular formula is C20H21FN2O5. The molecule has 1 heterocycles. The van der Waals surface area contributed by atoms with Gasteiger partial charge in [0.2, 0.25) is 0 Å². The van der Waals surface area contributed by atoms with Crippen molar-refractivity contribution in [3.05, 3.63) is 59.9 Å². The molecule has 2 amide bonds. The van der Waals surface area contributed by atoms with Gasteiger partial charge in [0.05, 0.1) is 6.10 Å². The fourth-order valence-electron chi connectivity index (χ4n) is 2.58. The van der Waals surface area contributed by atoms with Crippen LogP contribution in [0.3, 0.4) is 0 Å². The van der Waals surface area contributed by atoms with Crippen molar-refractivity contribution in [3.8, 4) is 11.5 Å². The highest BCUT2D eigenvalue weighted by Gasteiger charge is 2.16. The summed E-state index contributed by atoms with van der Waals surface area (Å²) in [5, 5.41) is 0. The number of nitrogens with one attached hydrogen (secondary N) is 2. The highest BCUT2D eigenvalue weighted by Crippen LogP contribution is 2.16. The lowest BCUT2D eigenvalue weighted by molar-refractivity contribution is -0.123. The zero-order valence-corrected chi connectivity index (χ0v) is 15.2. The quantitative estimate of drug-likeness (QED) is 0.711. The van der Waals surface area contributed by atoms with Crippen LogP contribution in [0, 0.1) is 5.82 Å². The van der Waals surface area contributed by atoms with E-state index in [1.165, 1.54) is 24.3 Å². The largest absolute Gasteiger partial charge is 0.491 e. The van der Waals surface area contributed by atoms with Crippen LogP contribution in [0.1, 0.15) is 23.2 Å². The van der Waals surface area contributed by atoms with E-state index in [1.807, 2.05) is 0 Å². The molecule has 2 aromatic rings. The van der Waals surface area contributed by atoms with E-state index in [0.29, 0.717) is 23.7 Å². The number of benzene rings is 2. The summed E-state index contributed by atoms with van der Waals surface area (Å²) >= 11 is 0. The molecule has 1 atom stereocenters. The summed E-state index contributed by atoms with van der Waals surface area (Å²) in [5.41, 5.74) is 4.92. The second-order valence-corrected chi connectivity index (χ2v) is 6.22. The van der Waals surface area contributed by atoms with E-state index >= 15 is 0 Å². The lowest BCUT2D eigenvalue weighted by atomic mass is 10.2. The number of hydrogen-bond acceptors (Lipinski definition) is 5. The third-order valence-corrected chi connectivity index (χ3v) is 4.08. The van der Waals surface area contributed by atoms with Crippen LogP contribution in [-0.4, -0.2) is 37.7 Å². The van der Waals surface area contributed by atoms with E-state index in [0.717, 1.165) is 19.4 Å². The first kappa shape index (κ1) is 19.6. The number of hydrogen-bond donors (Lipinski definition) is 2. The second kappa shape index (κ2) is 9.70. The Balaban J connectivity index is 1.38. The first-order valence-corrected chi connectivity index (χ1v) is 8.92. The van der Waals surface area contributed by atoms with Crippen LogP contribution >= 0.6 is 0 Å². The van der Waals surface area contributed by atoms with Crippen LogP contribution in [0.15, 0.2) is 48.5 Å². The van der Waals surface area contributed by atoms with Gasteiger partial charge in [-0.15, -0.1) is 0 Å². The first-order chi connectivity index (χ1) is 13.6. The summed E-state index contributed by atoms with van der Waals surface area (Å²) in [4.78, 5) is 23.8. The number of hydrazine groups is 1. The van der Waals surface area contributed by atoms with Crippen molar-refractivity contribution >= 4 is 11.8 Å². The molecule has 1 fully saturated rings. The van der Waals surface area contributed by atoms with Gasteiger partial charge < -0.3 is 14.2 Å². The Morgan fingerprint density at radius 3 is 2.36 bits per heavy atom. The summed E-state index contributed by atoms with van der Waals surface area (Å²) in [6, 6.07) is 11.8. The van der Waals surface area contributed by atoms with Gasteiger partial charge in [0.25, 0.3) is 11.8 Å². The number of amides is 2. The third kappa shape index (κ3) is 5.95. The molecule has 7 nitrogen and oxygen atoms in total. The monoisotopic (exact) mass is 388 g/mol. The molecular weight excluding hydrogens is 367 g/mol. The minimum Gasteiger partial charge on any atom is -0.491 e. The lowest BCUT2D eigenvalue weighted by Crippen LogP contribution is -2.43. The predicted octanol–water partition coefficient (Wildman–Crippen LogP) is 2.22. The number of ether oxygens (including phenoxy) is 3. The Kier molecular flexibility index (Phi) is 6.80. The Morgan fingerprint density at radius 1 is 1.00 bits per heavy atom. The molecule has 0 saturated carbocycles. The summed E-state index contributed by atoms with van der Waals surface area (Å²) in [5.74, 6) is -0.424. The molecule has 1 saturated heterocycles. The van der Waals surface area contributed by atoms with Crippen LogP contribution in [-0.2, 0) is 9.53 Å². The zero-order valence-electron chi connectivity index (χ0n) is 15.2. The summed E-state index contributed by atoms with van der Waals surface area (Å²) in [6.45, 7) is 0.936. The Bertz CT molecular complexity index is 789. The van der Waals surface area contributed by atoms with E-state index in [-0.39, 0.29) is 12.7 Å². The second-order valence-electron chi connectivity index (χ2n) is 6.22. The minimum absolute atomic E-state index is 0.121. The average Bonchev–Trinajstić information content (AvgIpc) is 3.24. The highest BCUT2D eigenvalue weighted by molar-refractivity contribution is 5.95. The minimum atomic E-state index is -0.547. The summed E-state index contributed by atoms with van der Waals surface area (Å²) < 4.78 is 29.1. The fraction of sp³-hybridized carbons (Fsp3) is 0.300. The van der Waals surface area contributed by atoms with Gasteiger partial charge in [-0.2, -0.15) is 0 Å². The first-order valence-electron chi connectivity index (χ1n) is 8.92. The van der Waals surface area contributed by atoms with Crippen molar-refractivity contribution in [2.24, 2.45) is 0 Å². The van der Waals surface area contributed by atoms with E-state index < -0.39 is 17.6 Å². The molecule has 0 aromatic heterocycles. The molecule has 0 radical (unpaired) electrons. The molecule has 3 rings (SSSR count). The highest BCUT2D eigenvalue weighted by atomic mass is 19.1. The number of carbonyl (C=O) groups excluding carboxylic acids is 2. The number of carbonyl (C=O) groups is 2. The summed E-state index contributed by atoms with van der Waals surface area (Å²) in [6.07, 6.45) is 2.16. The van der Waals surface area contributed by atoms with Crippen molar-refractivity contribution < 1.29 is 28.2 Å². The van der Waals surface area contributed by atoms with Crippen LogP contribution in [0.5, 0.6) is 11.5 Å². The molecule has 0 unspecified atom stereocenters. The Morgan fingerprint density at radius 2 is 1.68 bits per heavy atom. The molecule has 1 aliphatic rings. The lowest BCUT2D eigenvalue weighted by Gasteiger charge is -2.12. The van der Waals surface area contributed by atoms with E-state index in [2.05, 4.69) is 10.9 Å². The van der Waals surface area contributed by atoms with Crippen LogP contribution in [0.2, 0.25) is 0 Å². The van der Waals surface area contributed by atoms with Crippen molar-refractivity contribution in [2.45, 2.75) is 18.9 Å². The third-order valence-electron chi connectivity index (χ3n) is 4.08. The Labute approximate surface area is 161 Å². The van der Waals surface area contributed by atoms with Crippen molar-refractivity contribution in [2.75, 3.05) is 19.8 Å². The van der Waals surface area contributed by atoms with E-state index in [1.54, 1.807) is 24.3 Å². The van der Waals surface area contributed by atoms with Crippen molar-refractivity contribution in [1.29, 1.82) is 0 Å². The average molecular weight is 388 g/mol. The van der Waals surface area contributed by atoms with Gasteiger partial charge in [-0.3, -0.25) is 20.4 Å². The molecule has 148 valence electrons. The maximum atomic E-state index is 12.8. The molecule has 2 N–H and O–H groups in total. The van der Waals surface area contributed by atoms with Gasteiger partial charge in [-0.25, -0.2) is 4.39 Å². The molecule has 2 aromatic carbocycles. The van der Waals surface area contributed by atoms with Gasteiger partial charge in [-0.1, -0.05) is 0 Å². The SMILES string of the molecule is O=C(COc1ccc(F)cc1)NNC(=O)c1ccc(OC[C@H]2CCCO2)cc1. The zero-order chi connectivity index (χ0) is 19.8. The smallest absolute Gasteiger partial charge is 0.276 e. The van der Waals surface area contributed by atoms with E-state index in [9.17, 15) is 14.0 Å². The molecule has 28 heavy (non-hydrogen) atoms. The standard InChI is InChI=1S/C20H21FN2O5/c21-15-5-9-17(10-6-15)28-13-19(24)22-23-20(25)14-3-7-16(8-4-14)27-12-18-2-1-11-26-18/h3-10,18H,1-2,11-13H2,(H,22,24)(H,23,25)/t18-/m1/s1. The van der Waals surface area contributed by atoms with Gasteiger partial charge in [0.1, 0.15) is 23.9 Å². The van der Waals surface area contributed by atoms with Crippen LogP contribution < -0.4 is 20.3 Å². The van der Waals surface area contributed by atoms with Crippen molar-refractivity contribution in [3.63, 3.8) is 0 Å². The van der Waals surface area contributed by atoms with Gasteiger partial charge in [0.15, 0.2) is 6.61 Å². The maximum absolute atomic E-state index is 12.8. The molecule has 8 heteroatoms. The number of halogens is 1. The topological polar surface area (TPSA) is 85.9 Å². The molecule has 0 spiro atoms. The molecule has 0 aliphatic carbocycles. The number of rotatable bonds is 7. The van der Waals surface area contributed by atoms with Crippen LogP contribution in [0.25, 0.3) is 0 Å². The molecule has 0 bridgehead atoms. The van der Waals surface area contributed by atoms with Crippen LogP contribution in [0.4, 0.5) is 4.39 Å². The molecule has 1 aliphatic heterocycles. The van der Waals surface area contributed by atoms with Gasteiger partial charge >= 0.3 is 0 Å². The summed E-state index contributed by atoms with van der Waals surface area (Å²) in [7, 11) is 0. The Hall–Kier alpha value is -3.13. The van der Waals surface area contributed by atoms with E-state index in [4.69, 9.17) is 14.2 Å². The predicted molar refractivity (Wildman–Crippen MR) is 98.4 cm³/mol.